The van der Waals surface area contributed by atoms with Crippen molar-refractivity contribution in [3.05, 3.63) is 103 Å². The molecule has 2 aliphatic rings. The van der Waals surface area contributed by atoms with E-state index in [4.69, 9.17) is 14.5 Å². The van der Waals surface area contributed by atoms with Crippen LogP contribution in [0.1, 0.15) is 63.6 Å². The van der Waals surface area contributed by atoms with Crippen LogP contribution in [0.15, 0.2) is 81.7 Å². The third kappa shape index (κ3) is 4.76. The van der Waals surface area contributed by atoms with Crippen molar-refractivity contribution in [1.82, 2.24) is 4.57 Å². The van der Waals surface area contributed by atoms with Crippen LogP contribution in [0.5, 0.6) is 5.75 Å². The SMILES string of the molecule is CCCCN1C(=O)/C(=c2/sc3n(c2=O)[C@@H](c2c(OC)ccc4ccccc24)C(C(=O)OCC)=C(CCC)N=3)c2ccccc21. The van der Waals surface area contributed by atoms with Crippen LogP contribution < -0.4 is 24.5 Å². The summed E-state index contributed by atoms with van der Waals surface area (Å²) in [5.74, 6) is -0.173. The molecule has 8 nitrogen and oxygen atoms in total. The van der Waals surface area contributed by atoms with Crippen molar-refractivity contribution in [2.45, 2.75) is 52.5 Å². The van der Waals surface area contributed by atoms with Crippen LogP contribution in [0, 0.1) is 0 Å². The van der Waals surface area contributed by atoms with Crippen LogP contribution in [0.25, 0.3) is 16.3 Å². The van der Waals surface area contributed by atoms with Crippen molar-refractivity contribution in [2.24, 2.45) is 4.99 Å². The fourth-order valence-electron chi connectivity index (χ4n) is 6.22. The fourth-order valence-corrected chi connectivity index (χ4v) is 7.33. The number of carbonyl (C=O) groups is 2. The van der Waals surface area contributed by atoms with E-state index in [-0.39, 0.29) is 18.1 Å². The van der Waals surface area contributed by atoms with Crippen LogP contribution in [0.2, 0.25) is 0 Å². The number of fused-ring (bicyclic) bond motifs is 3. The van der Waals surface area contributed by atoms with E-state index in [2.05, 4.69) is 6.92 Å². The van der Waals surface area contributed by atoms with Crippen molar-refractivity contribution >= 4 is 45.2 Å². The molecule has 6 rings (SSSR count). The van der Waals surface area contributed by atoms with Gasteiger partial charge in [0.15, 0.2) is 4.80 Å². The second kappa shape index (κ2) is 12.2. The number of aromatic nitrogens is 1. The van der Waals surface area contributed by atoms with Crippen molar-refractivity contribution < 1.29 is 19.1 Å². The zero-order valence-electron chi connectivity index (χ0n) is 25.4. The number of methoxy groups -OCH3 is 1. The molecule has 1 aromatic heterocycles. The number of benzene rings is 3. The quantitative estimate of drug-likeness (QED) is 0.242. The molecule has 3 aromatic carbocycles. The van der Waals surface area contributed by atoms with E-state index in [9.17, 15) is 14.4 Å². The van der Waals surface area contributed by atoms with E-state index < -0.39 is 12.0 Å². The first-order valence-electron chi connectivity index (χ1n) is 15.2. The summed E-state index contributed by atoms with van der Waals surface area (Å²) >= 11 is 1.20. The van der Waals surface area contributed by atoms with Crippen molar-refractivity contribution in [2.75, 3.05) is 25.2 Å². The Hall–Kier alpha value is -4.50. The summed E-state index contributed by atoms with van der Waals surface area (Å²) in [7, 11) is 1.58. The monoisotopic (exact) mass is 609 g/mol. The molecule has 0 aliphatic carbocycles. The lowest BCUT2D eigenvalue weighted by Crippen LogP contribution is -2.41. The van der Waals surface area contributed by atoms with Gasteiger partial charge in [-0.3, -0.25) is 14.2 Å². The standard InChI is InChI=1S/C35H35N3O5S/c1-5-8-20-37-25-17-12-11-16-23(25)28(32(37)39)31-33(40)38-30(27-22-15-10-9-14-21(22)18-19-26(27)42-4)29(34(41)43-7-3)24(13-6-2)36-35(38)44-31/h9-12,14-19,30H,5-8,13,20H2,1-4H3/b31-28+/t30-/m0/s1. The molecule has 9 heteroatoms. The van der Waals surface area contributed by atoms with Gasteiger partial charge in [0, 0.05) is 17.7 Å². The van der Waals surface area contributed by atoms with Crippen LogP contribution in [-0.2, 0) is 14.3 Å². The van der Waals surface area contributed by atoms with Crippen molar-refractivity contribution in [1.29, 1.82) is 0 Å². The van der Waals surface area contributed by atoms with Crippen molar-refractivity contribution in [3.63, 3.8) is 0 Å². The lowest BCUT2D eigenvalue weighted by atomic mass is 9.90. The number of esters is 1. The largest absolute Gasteiger partial charge is 0.496 e. The Balaban J connectivity index is 1.72. The normalized spacial score (nSPS) is 17.0. The Morgan fingerprint density at radius 1 is 0.977 bits per heavy atom. The number of carbonyl (C=O) groups excluding carboxylic acids is 2. The third-order valence-corrected chi connectivity index (χ3v) is 9.23. The summed E-state index contributed by atoms with van der Waals surface area (Å²) in [4.78, 5) is 49.6. The number of unbranched alkanes of at least 4 members (excludes halogenated alkanes) is 1. The maximum Gasteiger partial charge on any atom is 0.338 e. The van der Waals surface area contributed by atoms with Gasteiger partial charge in [-0.1, -0.05) is 86.6 Å². The number of anilines is 1. The Morgan fingerprint density at radius 2 is 1.75 bits per heavy atom. The molecule has 0 unspecified atom stereocenters. The van der Waals surface area contributed by atoms with Gasteiger partial charge in [-0.2, -0.15) is 0 Å². The molecular weight excluding hydrogens is 574 g/mol. The number of thiazole rings is 1. The Bertz CT molecular complexity index is 2000. The van der Waals surface area contributed by atoms with Crippen LogP contribution in [0.3, 0.4) is 0 Å². The summed E-state index contributed by atoms with van der Waals surface area (Å²) < 4.78 is 13.4. The summed E-state index contributed by atoms with van der Waals surface area (Å²) in [6.07, 6.45) is 3.04. The molecule has 0 saturated carbocycles. The van der Waals surface area contributed by atoms with Gasteiger partial charge in [0.2, 0.25) is 0 Å². The Labute approximate surface area is 259 Å². The second-order valence-electron chi connectivity index (χ2n) is 10.8. The number of allylic oxidation sites excluding steroid dienone is 1. The molecule has 2 aliphatic heterocycles. The highest BCUT2D eigenvalue weighted by atomic mass is 32.1. The van der Waals surface area contributed by atoms with Gasteiger partial charge in [-0.25, -0.2) is 9.79 Å². The topological polar surface area (TPSA) is 90.2 Å². The predicted molar refractivity (Wildman–Crippen MR) is 173 cm³/mol. The molecule has 0 saturated heterocycles. The molecule has 4 aromatic rings. The highest BCUT2D eigenvalue weighted by Gasteiger charge is 2.39. The second-order valence-corrected chi connectivity index (χ2v) is 11.8. The van der Waals surface area contributed by atoms with Gasteiger partial charge in [-0.15, -0.1) is 0 Å². The van der Waals surface area contributed by atoms with Gasteiger partial charge in [-0.05, 0) is 42.7 Å². The van der Waals surface area contributed by atoms with Crippen LogP contribution in [-0.4, -0.2) is 36.7 Å². The molecule has 0 spiro atoms. The number of amides is 1. The summed E-state index contributed by atoms with van der Waals surface area (Å²) in [5, 5.41) is 1.79. The summed E-state index contributed by atoms with van der Waals surface area (Å²) in [6, 6.07) is 18.4. The molecule has 1 atom stereocenters. The first-order valence-corrected chi connectivity index (χ1v) is 16.0. The molecule has 0 bridgehead atoms. The van der Waals surface area contributed by atoms with E-state index >= 15 is 0 Å². The Kier molecular flexibility index (Phi) is 8.23. The Morgan fingerprint density at radius 3 is 2.50 bits per heavy atom. The average Bonchev–Trinajstić information content (AvgIpc) is 3.50. The first-order chi connectivity index (χ1) is 21.4. The van der Waals surface area contributed by atoms with E-state index in [1.807, 2.05) is 67.6 Å². The minimum atomic E-state index is -0.870. The minimum Gasteiger partial charge on any atom is -0.496 e. The minimum absolute atomic E-state index is 0.175. The molecule has 3 heterocycles. The van der Waals surface area contributed by atoms with Gasteiger partial charge in [0.25, 0.3) is 11.5 Å². The lowest BCUT2D eigenvalue weighted by molar-refractivity contribution is -0.139. The molecular formula is C35H35N3O5S. The van der Waals surface area contributed by atoms with Crippen molar-refractivity contribution in [3.8, 4) is 5.75 Å². The highest BCUT2D eigenvalue weighted by Crippen LogP contribution is 2.41. The fraction of sp³-hybridized carbons (Fsp3) is 0.314. The number of hydrogen-bond acceptors (Lipinski definition) is 7. The highest BCUT2D eigenvalue weighted by molar-refractivity contribution is 7.07. The summed E-state index contributed by atoms with van der Waals surface area (Å²) in [5.41, 5.74) is 3.11. The number of ether oxygens (including phenoxy) is 2. The third-order valence-electron chi connectivity index (χ3n) is 8.18. The maximum atomic E-state index is 14.7. The zero-order valence-corrected chi connectivity index (χ0v) is 26.2. The molecule has 0 fully saturated rings. The van der Waals surface area contributed by atoms with Gasteiger partial charge in [0.1, 0.15) is 16.3 Å². The van der Waals surface area contributed by atoms with Crippen LogP contribution >= 0.6 is 11.3 Å². The van der Waals surface area contributed by atoms with Gasteiger partial charge < -0.3 is 14.4 Å². The molecule has 1 amide bonds. The summed E-state index contributed by atoms with van der Waals surface area (Å²) in [6.45, 7) is 6.61. The molecule has 226 valence electrons. The number of nitrogens with zero attached hydrogens (tertiary/aromatic N) is 3. The predicted octanol–water partition coefficient (Wildman–Crippen LogP) is 5.26. The van der Waals surface area contributed by atoms with E-state index in [0.29, 0.717) is 50.5 Å². The van der Waals surface area contributed by atoms with Gasteiger partial charge in [0.05, 0.1) is 36.2 Å². The molecule has 0 radical (unpaired) electrons. The molecule has 44 heavy (non-hydrogen) atoms. The average molecular weight is 610 g/mol. The zero-order chi connectivity index (χ0) is 31.0. The first kappa shape index (κ1) is 29.6. The van der Waals surface area contributed by atoms with E-state index in [0.717, 1.165) is 41.3 Å². The van der Waals surface area contributed by atoms with Crippen LogP contribution in [0.4, 0.5) is 5.69 Å². The van der Waals surface area contributed by atoms with E-state index in [1.54, 1.807) is 23.5 Å². The number of para-hydroxylation sites is 1. The molecule has 0 N–H and O–H groups in total. The van der Waals surface area contributed by atoms with E-state index in [1.165, 1.54) is 11.3 Å². The number of rotatable bonds is 9. The number of hydrogen-bond donors (Lipinski definition) is 0. The van der Waals surface area contributed by atoms with Gasteiger partial charge >= 0.3 is 5.97 Å². The lowest BCUT2D eigenvalue weighted by Gasteiger charge is -2.28. The maximum absolute atomic E-state index is 14.7. The smallest absolute Gasteiger partial charge is 0.338 e.